The van der Waals surface area contributed by atoms with Gasteiger partial charge in [-0.3, -0.25) is 4.99 Å². The molecule has 0 aliphatic heterocycles. The van der Waals surface area contributed by atoms with E-state index >= 15 is 0 Å². The second-order valence-corrected chi connectivity index (χ2v) is 6.02. The molecule has 0 fully saturated rings. The summed E-state index contributed by atoms with van der Waals surface area (Å²) in [7, 11) is 4.67. The second-order valence-electron chi connectivity index (χ2n) is 5.59. The van der Waals surface area contributed by atoms with Gasteiger partial charge in [0, 0.05) is 36.3 Å². The number of guanidine groups is 1. The molecule has 0 saturated carbocycles. The van der Waals surface area contributed by atoms with Crippen molar-refractivity contribution >= 4 is 17.6 Å². The van der Waals surface area contributed by atoms with Crippen molar-refractivity contribution in [3.05, 3.63) is 52.5 Å². The van der Waals surface area contributed by atoms with Crippen LogP contribution < -0.4 is 24.8 Å². The Morgan fingerprint density at radius 1 is 1.00 bits per heavy atom. The molecule has 0 aliphatic carbocycles. The van der Waals surface area contributed by atoms with Crippen LogP contribution in [0.15, 0.2) is 41.4 Å². The molecule has 0 atom stereocenters. The summed E-state index contributed by atoms with van der Waals surface area (Å²) in [6.45, 7) is -2.28. The van der Waals surface area contributed by atoms with Gasteiger partial charge < -0.3 is 24.8 Å². The number of alkyl halides is 2. The Bertz CT molecular complexity index is 819. The zero-order chi connectivity index (χ0) is 20.5. The lowest BCUT2D eigenvalue weighted by Gasteiger charge is -2.16. The zero-order valence-electron chi connectivity index (χ0n) is 15.8. The third-order valence-corrected chi connectivity index (χ3v) is 4.08. The van der Waals surface area contributed by atoms with Crippen molar-refractivity contribution in [2.75, 3.05) is 21.3 Å². The number of nitrogens with zero attached hydrogens (tertiary/aromatic N) is 1. The molecule has 0 heterocycles. The quantitative estimate of drug-likeness (QED) is 0.508. The molecule has 2 rings (SSSR count). The zero-order valence-corrected chi connectivity index (χ0v) is 16.5. The average molecular weight is 414 g/mol. The normalized spacial score (nSPS) is 11.3. The summed E-state index contributed by atoms with van der Waals surface area (Å²) in [6, 6.07) is 9.95. The second kappa shape index (κ2) is 10.6. The molecule has 0 spiro atoms. The van der Waals surface area contributed by atoms with Gasteiger partial charge in [0.15, 0.2) is 5.96 Å². The van der Waals surface area contributed by atoms with E-state index in [0.29, 0.717) is 34.6 Å². The van der Waals surface area contributed by atoms with Crippen molar-refractivity contribution in [1.82, 2.24) is 10.6 Å². The summed E-state index contributed by atoms with van der Waals surface area (Å²) >= 11 is 5.97. The molecule has 0 saturated heterocycles. The summed E-state index contributed by atoms with van der Waals surface area (Å²) in [5, 5.41) is 6.77. The maximum Gasteiger partial charge on any atom is 0.387 e. The van der Waals surface area contributed by atoms with Crippen LogP contribution in [-0.2, 0) is 13.1 Å². The molecule has 0 aliphatic rings. The third-order valence-electron chi connectivity index (χ3n) is 3.85. The van der Waals surface area contributed by atoms with Crippen molar-refractivity contribution in [2.24, 2.45) is 4.99 Å². The molecule has 2 aromatic carbocycles. The third kappa shape index (κ3) is 6.16. The maximum atomic E-state index is 12.6. The SMILES string of the molecule is CN=C(NCc1ccc(Cl)cc1OC)NCc1cc(OC)ccc1OC(F)F. The van der Waals surface area contributed by atoms with Crippen LogP contribution >= 0.6 is 11.6 Å². The Hall–Kier alpha value is -2.74. The Kier molecular flexibility index (Phi) is 8.13. The van der Waals surface area contributed by atoms with Gasteiger partial charge in [0.05, 0.1) is 14.2 Å². The van der Waals surface area contributed by atoms with Crippen LogP contribution in [0, 0.1) is 0 Å². The number of aliphatic imine (C=N–C) groups is 1. The molecule has 2 aromatic rings. The van der Waals surface area contributed by atoms with Crippen LogP contribution in [0.5, 0.6) is 17.2 Å². The van der Waals surface area contributed by atoms with Gasteiger partial charge in [-0.2, -0.15) is 8.78 Å². The van der Waals surface area contributed by atoms with E-state index in [-0.39, 0.29) is 12.3 Å². The molecular formula is C19H22ClF2N3O3. The van der Waals surface area contributed by atoms with Gasteiger partial charge in [0.25, 0.3) is 0 Å². The molecule has 28 heavy (non-hydrogen) atoms. The van der Waals surface area contributed by atoms with Gasteiger partial charge in [0.1, 0.15) is 17.2 Å². The Balaban J connectivity index is 2.04. The topological polar surface area (TPSA) is 64.1 Å². The lowest BCUT2D eigenvalue weighted by atomic mass is 10.2. The van der Waals surface area contributed by atoms with E-state index in [2.05, 4.69) is 20.4 Å². The molecule has 0 unspecified atom stereocenters. The van der Waals surface area contributed by atoms with E-state index in [9.17, 15) is 8.78 Å². The van der Waals surface area contributed by atoms with Gasteiger partial charge >= 0.3 is 6.61 Å². The Morgan fingerprint density at radius 2 is 1.71 bits per heavy atom. The largest absolute Gasteiger partial charge is 0.497 e. The minimum Gasteiger partial charge on any atom is -0.497 e. The van der Waals surface area contributed by atoms with Crippen LogP contribution in [0.2, 0.25) is 5.02 Å². The van der Waals surface area contributed by atoms with E-state index in [1.165, 1.54) is 13.2 Å². The Morgan fingerprint density at radius 3 is 2.32 bits per heavy atom. The van der Waals surface area contributed by atoms with Crippen molar-refractivity contribution in [3.8, 4) is 17.2 Å². The molecule has 0 aromatic heterocycles. The summed E-state index contributed by atoms with van der Waals surface area (Å²) < 4.78 is 40.3. The predicted octanol–water partition coefficient (Wildman–Crippen LogP) is 3.82. The lowest BCUT2D eigenvalue weighted by molar-refractivity contribution is -0.0504. The number of hydrogen-bond acceptors (Lipinski definition) is 4. The summed E-state index contributed by atoms with van der Waals surface area (Å²) in [4.78, 5) is 4.13. The Labute approximate surface area is 167 Å². The number of benzene rings is 2. The summed E-state index contributed by atoms with van der Waals surface area (Å²) in [5.41, 5.74) is 1.39. The lowest BCUT2D eigenvalue weighted by Crippen LogP contribution is -2.36. The first kappa shape index (κ1) is 21.6. The van der Waals surface area contributed by atoms with Crippen molar-refractivity contribution in [3.63, 3.8) is 0 Å². The molecule has 2 N–H and O–H groups in total. The first-order valence-corrected chi connectivity index (χ1v) is 8.73. The number of ether oxygens (including phenoxy) is 3. The van der Waals surface area contributed by atoms with Crippen LogP contribution in [0.4, 0.5) is 8.78 Å². The maximum absolute atomic E-state index is 12.6. The average Bonchev–Trinajstić information content (AvgIpc) is 2.69. The van der Waals surface area contributed by atoms with Gasteiger partial charge in [-0.25, -0.2) is 0 Å². The van der Waals surface area contributed by atoms with Crippen molar-refractivity contribution < 1.29 is 23.0 Å². The van der Waals surface area contributed by atoms with Crippen molar-refractivity contribution in [1.29, 1.82) is 0 Å². The monoisotopic (exact) mass is 413 g/mol. The number of nitrogens with one attached hydrogen (secondary N) is 2. The van der Waals surface area contributed by atoms with Gasteiger partial charge in [-0.15, -0.1) is 0 Å². The standard InChI is InChI=1S/C19H22ClF2N3O3/c1-23-19(24-10-12-4-5-14(20)9-17(12)27-3)25-11-13-8-15(26-2)6-7-16(13)28-18(21)22/h4-9,18H,10-11H2,1-3H3,(H2,23,24,25). The molecule has 0 amide bonds. The molecule has 152 valence electrons. The van der Waals surface area contributed by atoms with Gasteiger partial charge in [0.2, 0.25) is 0 Å². The molecule has 0 radical (unpaired) electrons. The number of methoxy groups -OCH3 is 2. The molecule has 9 heteroatoms. The fraction of sp³-hybridized carbons (Fsp3) is 0.316. The predicted molar refractivity (Wildman–Crippen MR) is 105 cm³/mol. The van der Waals surface area contributed by atoms with Crippen LogP contribution in [0.3, 0.4) is 0 Å². The number of halogens is 3. The van der Waals surface area contributed by atoms with Crippen LogP contribution in [-0.4, -0.2) is 33.8 Å². The van der Waals surface area contributed by atoms with Gasteiger partial charge in [-0.1, -0.05) is 17.7 Å². The fourth-order valence-corrected chi connectivity index (χ4v) is 2.64. The highest BCUT2D eigenvalue weighted by Crippen LogP contribution is 2.26. The first-order chi connectivity index (χ1) is 13.5. The van der Waals surface area contributed by atoms with Gasteiger partial charge in [-0.05, 0) is 30.3 Å². The highest BCUT2D eigenvalue weighted by Gasteiger charge is 2.12. The number of rotatable bonds is 8. The summed E-state index contributed by atoms with van der Waals surface area (Å²) in [6.07, 6.45) is 0. The molecule has 0 bridgehead atoms. The van der Waals surface area contributed by atoms with E-state index in [4.69, 9.17) is 21.1 Å². The highest BCUT2D eigenvalue weighted by atomic mass is 35.5. The van der Waals surface area contributed by atoms with E-state index in [1.54, 1.807) is 38.4 Å². The van der Waals surface area contributed by atoms with E-state index in [1.807, 2.05) is 6.07 Å². The molecule has 6 nitrogen and oxygen atoms in total. The van der Waals surface area contributed by atoms with E-state index < -0.39 is 6.61 Å². The minimum atomic E-state index is -2.91. The van der Waals surface area contributed by atoms with Crippen molar-refractivity contribution in [2.45, 2.75) is 19.7 Å². The first-order valence-electron chi connectivity index (χ1n) is 8.35. The minimum absolute atomic E-state index is 0.0677. The van der Waals surface area contributed by atoms with Crippen LogP contribution in [0.25, 0.3) is 0 Å². The summed E-state index contributed by atoms with van der Waals surface area (Å²) in [5.74, 6) is 1.73. The van der Waals surface area contributed by atoms with Crippen LogP contribution in [0.1, 0.15) is 11.1 Å². The molecular weight excluding hydrogens is 392 g/mol. The van der Waals surface area contributed by atoms with E-state index in [0.717, 1.165) is 5.56 Å². The smallest absolute Gasteiger partial charge is 0.387 e. The fourth-order valence-electron chi connectivity index (χ4n) is 2.47. The highest BCUT2D eigenvalue weighted by molar-refractivity contribution is 6.30. The number of hydrogen-bond donors (Lipinski definition) is 2.